The summed E-state index contributed by atoms with van der Waals surface area (Å²) < 4.78 is 5.88. The second kappa shape index (κ2) is 2.29. The van der Waals surface area contributed by atoms with E-state index in [1.807, 2.05) is 0 Å². The van der Waals surface area contributed by atoms with Crippen LogP contribution in [0.5, 0.6) is 0 Å². The molecule has 2 heteroatoms. The summed E-state index contributed by atoms with van der Waals surface area (Å²) in [6.45, 7) is 2.36. The van der Waals surface area contributed by atoms with Crippen LogP contribution >= 0.6 is 0 Å². The molecule has 3 rings (SSSR count). The number of epoxide rings is 1. The Hall–Kier alpha value is -0.0800. The molecule has 74 valence electrons. The Morgan fingerprint density at radius 1 is 1.31 bits per heavy atom. The van der Waals surface area contributed by atoms with Crippen molar-refractivity contribution in [1.29, 1.82) is 0 Å². The summed E-state index contributed by atoms with van der Waals surface area (Å²) >= 11 is 0. The molecule has 1 saturated heterocycles. The average molecular weight is 182 g/mol. The Balaban J connectivity index is 1.91. The molecule has 0 radical (unpaired) electrons. The van der Waals surface area contributed by atoms with Gasteiger partial charge >= 0.3 is 0 Å². The zero-order chi connectivity index (χ0) is 9.10. The van der Waals surface area contributed by atoms with Gasteiger partial charge in [-0.15, -0.1) is 0 Å². The smallest absolute Gasteiger partial charge is 0.103 e. The van der Waals surface area contributed by atoms with Crippen LogP contribution in [-0.4, -0.2) is 22.9 Å². The summed E-state index contributed by atoms with van der Waals surface area (Å²) in [5.74, 6) is 0. The fraction of sp³-hybridized carbons (Fsp3) is 1.00. The summed E-state index contributed by atoms with van der Waals surface area (Å²) in [6, 6.07) is 0. The van der Waals surface area contributed by atoms with Crippen molar-refractivity contribution < 1.29 is 9.84 Å². The Kier molecular flexibility index (Phi) is 1.45. The highest BCUT2D eigenvalue weighted by atomic mass is 16.6. The molecular weight excluding hydrogens is 164 g/mol. The van der Waals surface area contributed by atoms with Gasteiger partial charge < -0.3 is 9.84 Å². The van der Waals surface area contributed by atoms with Gasteiger partial charge in [-0.3, -0.25) is 0 Å². The Labute approximate surface area is 79.3 Å². The fourth-order valence-corrected chi connectivity index (χ4v) is 3.63. The molecule has 0 unspecified atom stereocenters. The second-order valence-electron chi connectivity index (χ2n) is 5.35. The molecule has 1 heterocycles. The largest absolute Gasteiger partial charge is 0.393 e. The van der Waals surface area contributed by atoms with E-state index in [4.69, 9.17) is 4.74 Å². The van der Waals surface area contributed by atoms with E-state index < -0.39 is 0 Å². The van der Waals surface area contributed by atoms with E-state index in [0.717, 1.165) is 19.3 Å². The monoisotopic (exact) mass is 182 g/mol. The molecule has 2 nitrogen and oxygen atoms in total. The zero-order valence-electron chi connectivity index (χ0n) is 8.25. The predicted molar refractivity (Wildman–Crippen MR) is 49.4 cm³/mol. The molecular formula is C11H18O2. The molecule has 1 aliphatic heterocycles. The molecule has 0 aromatic heterocycles. The van der Waals surface area contributed by atoms with Crippen molar-refractivity contribution in [3.8, 4) is 0 Å². The van der Waals surface area contributed by atoms with Crippen molar-refractivity contribution >= 4 is 0 Å². The maximum absolute atomic E-state index is 9.67. The lowest BCUT2D eigenvalue weighted by molar-refractivity contribution is -0.0135. The minimum absolute atomic E-state index is 0.100. The van der Waals surface area contributed by atoms with Crippen LogP contribution in [0.2, 0.25) is 0 Å². The first-order chi connectivity index (χ1) is 6.16. The highest BCUT2D eigenvalue weighted by Gasteiger charge is 2.69. The number of aliphatic hydroxyl groups excluding tert-OH is 1. The summed E-state index contributed by atoms with van der Waals surface area (Å²) in [4.78, 5) is 0. The average Bonchev–Trinajstić information content (AvgIpc) is 2.77. The van der Waals surface area contributed by atoms with Crippen molar-refractivity contribution in [3.63, 3.8) is 0 Å². The van der Waals surface area contributed by atoms with E-state index in [0.29, 0.717) is 11.5 Å². The fourth-order valence-electron chi connectivity index (χ4n) is 3.63. The van der Waals surface area contributed by atoms with Gasteiger partial charge in [0.25, 0.3) is 0 Å². The van der Waals surface area contributed by atoms with Crippen molar-refractivity contribution in [2.24, 2.45) is 5.41 Å². The van der Waals surface area contributed by atoms with Crippen LogP contribution < -0.4 is 0 Å². The third-order valence-corrected chi connectivity index (χ3v) is 4.60. The van der Waals surface area contributed by atoms with Gasteiger partial charge in [0.1, 0.15) is 5.60 Å². The SMILES string of the molecule is C[C@]12CCC[C@@H]3O[C@@]31C[C@H](O)CC2. The summed E-state index contributed by atoms with van der Waals surface area (Å²) in [7, 11) is 0. The first kappa shape index (κ1) is 8.25. The van der Waals surface area contributed by atoms with Gasteiger partial charge in [0.2, 0.25) is 0 Å². The van der Waals surface area contributed by atoms with E-state index in [2.05, 4.69) is 6.92 Å². The van der Waals surface area contributed by atoms with Crippen molar-refractivity contribution in [3.05, 3.63) is 0 Å². The highest BCUT2D eigenvalue weighted by molar-refractivity contribution is 5.18. The summed E-state index contributed by atoms with van der Waals surface area (Å²) in [6.07, 6.45) is 7.27. The normalized spacial score (nSPS) is 59.5. The van der Waals surface area contributed by atoms with Crippen LogP contribution in [0, 0.1) is 5.41 Å². The Morgan fingerprint density at radius 3 is 3.00 bits per heavy atom. The van der Waals surface area contributed by atoms with Crippen LogP contribution in [0.3, 0.4) is 0 Å². The van der Waals surface area contributed by atoms with E-state index in [1.165, 1.54) is 19.3 Å². The standard InChI is InChI=1S/C11H18O2/c1-10-5-2-3-9-11(10,13-9)7-8(12)4-6-10/h8-9,12H,2-7H2,1H3/t8-,9+,10-,11+/m1/s1. The molecule has 0 amide bonds. The third-order valence-electron chi connectivity index (χ3n) is 4.60. The molecule has 3 aliphatic rings. The van der Waals surface area contributed by atoms with Gasteiger partial charge in [0, 0.05) is 6.42 Å². The second-order valence-corrected chi connectivity index (χ2v) is 5.35. The van der Waals surface area contributed by atoms with Gasteiger partial charge in [0.05, 0.1) is 12.2 Å². The van der Waals surface area contributed by atoms with Crippen molar-refractivity contribution in [2.75, 3.05) is 0 Å². The van der Waals surface area contributed by atoms with Gasteiger partial charge in [-0.1, -0.05) is 13.3 Å². The maximum atomic E-state index is 9.67. The van der Waals surface area contributed by atoms with Crippen LogP contribution in [0.4, 0.5) is 0 Å². The number of rotatable bonds is 0. The van der Waals surface area contributed by atoms with E-state index in [1.54, 1.807) is 0 Å². The lowest BCUT2D eigenvalue weighted by Gasteiger charge is -2.44. The third kappa shape index (κ3) is 0.909. The Morgan fingerprint density at radius 2 is 2.15 bits per heavy atom. The molecule has 1 spiro atoms. The molecule has 2 aliphatic carbocycles. The van der Waals surface area contributed by atoms with Gasteiger partial charge in [-0.05, 0) is 31.1 Å². The van der Waals surface area contributed by atoms with E-state index in [9.17, 15) is 5.11 Å². The van der Waals surface area contributed by atoms with Crippen LogP contribution in [0.1, 0.15) is 45.4 Å². The molecule has 2 saturated carbocycles. The zero-order valence-corrected chi connectivity index (χ0v) is 8.25. The van der Waals surface area contributed by atoms with Crippen LogP contribution in [-0.2, 0) is 4.74 Å². The molecule has 0 aromatic carbocycles. The van der Waals surface area contributed by atoms with E-state index >= 15 is 0 Å². The molecule has 0 aromatic rings. The number of hydrogen-bond donors (Lipinski definition) is 1. The van der Waals surface area contributed by atoms with Crippen molar-refractivity contribution in [1.82, 2.24) is 0 Å². The maximum Gasteiger partial charge on any atom is 0.103 e. The number of ether oxygens (including phenoxy) is 1. The number of aliphatic hydroxyl groups is 1. The quantitative estimate of drug-likeness (QED) is 0.580. The first-order valence-corrected chi connectivity index (χ1v) is 5.52. The topological polar surface area (TPSA) is 32.8 Å². The highest BCUT2D eigenvalue weighted by Crippen LogP contribution is 2.64. The van der Waals surface area contributed by atoms with Gasteiger partial charge in [-0.25, -0.2) is 0 Å². The summed E-state index contributed by atoms with van der Waals surface area (Å²) in [5.41, 5.74) is 0.484. The molecule has 4 atom stereocenters. The van der Waals surface area contributed by atoms with Gasteiger partial charge in [0.15, 0.2) is 0 Å². The molecule has 3 fully saturated rings. The minimum Gasteiger partial charge on any atom is -0.393 e. The lowest BCUT2D eigenvalue weighted by Crippen LogP contribution is -2.47. The molecule has 13 heavy (non-hydrogen) atoms. The predicted octanol–water partition coefficient (Wildman–Crippen LogP) is 1.86. The van der Waals surface area contributed by atoms with Crippen molar-refractivity contribution in [2.45, 2.75) is 63.3 Å². The first-order valence-electron chi connectivity index (χ1n) is 5.52. The van der Waals surface area contributed by atoms with E-state index in [-0.39, 0.29) is 11.7 Å². The van der Waals surface area contributed by atoms with Gasteiger partial charge in [-0.2, -0.15) is 0 Å². The molecule has 1 N–H and O–H groups in total. The number of hydrogen-bond acceptors (Lipinski definition) is 2. The Bertz CT molecular complexity index is 240. The summed E-state index contributed by atoms with van der Waals surface area (Å²) in [5, 5.41) is 9.67. The molecule has 0 bridgehead atoms. The lowest BCUT2D eigenvalue weighted by atomic mass is 9.59. The minimum atomic E-state index is -0.101. The van der Waals surface area contributed by atoms with Crippen LogP contribution in [0.25, 0.3) is 0 Å². The van der Waals surface area contributed by atoms with Crippen LogP contribution in [0.15, 0.2) is 0 Å².